The summed E-state index contributed by atoms with van der Waals surface area (Å²) in [6, 6.07) is 17.9. The van der Waals surface area contributed by atoms with Crippen LogP contribution in [0.15, 0.2) is 71.3 Å². The number of amides is 2. The van der Waals surface area contributed by atoms with Crippen molar-refractivity contribution in [3.05, 3.63) is 83.3 Å². The predicted octanol–water partition coefficient (Wildman–Crippen LogP) is 4.02. The lowest BCUT2D eigenvalue weighted by molar-refractivity contribution is 0.0746. The van der Waals surface area contributed by atoms with Crippen molar-refractivity contribution in [2.45, 2.75) is 0 Å². The molecule has 0 unspecified atom stereocenters. The predicted molar refractivity (Wildman–Crippen MR) is 128 cm³/mol. The van der Waals surface area contributed by atoms with Crippen molar-refractivity contribution in [1.82, 2.24) is 10.2 Å². The summed E-state index contributed by atoms with van der Waals surface area (Å²) < 4.78 is 5.05. The minimum absolute atomic E-state index is 0.0194. The lowest BCUT2D eigenvalue weighted by Crippen LogP contribution is -2.48. The maximum Gasteiger partial charge on any atom is 0.293 e. The van der Waals surface area contributed by atoms with Gasteiger partial charge < -0.3 is 19.5 Å². The molecule has 4 rings (SSSR count). The van der Waals surface area contributed by atoms with Gasteiger partial charge in [0.2, 0.25) is 0 Å². The number of hydrogen-bond acceptors (Lipinski definition) is 5. The molecule has 32 heavy (non-hydrogen) atoms. The van der Waals surface area contributed by atoms with Gasteiger partial charge in [0, 0.05) is 48.1 Å². The van der Waals surface area contributed by atoms with Crippen LogP contribution in [-0.2, 0) is 0 Å². The highest BCUT2D eigenvalue weighted by atomic mass is 35.5. The smallest absolute Gasteiger partial charge is 0.293 e. The molecule has 1 aliphatic heterocycles. The fourth-order valence-electron chi connectivity index (χ4n) is 3.43. The van der Waals surface area contributed by atoms with E-state index in [9.17, 15) is 9.59 Å². The molecule has 7 nitrogen and oxygen atoms in total. The minimum Gasteiger partial charge on any atom is -0.459 e. The Morgan fingerprint density at radius 3 is 2.25 bits per heavy atom. The molecule has 0 spiro atoms. The van der Waals surface area contributed by atoms with E-state index >= 15 is 0 Å². The second-order valence-electron chi connectivity index (χ2n) is 7.22. The first-order valence-electron chi connectivity index (χ1n) is 10.1. The van der Waals surface area contributed by atoms with E-state index in [1.807, 2.05) is 29.2 Å². The summed E-state index contributed by atoms with van der Waals surface area (Å²) in [4.78, 5) is 28.7. The first-order chi connectivity index (χ1) is 15.5. The molecular formula is C23H21ClN4O3S. The van der Waals surface area contributed by atoms with Gasteiger partial charge in [-0.1, -0.05) is 11.6 Å². The molecule has 1 saturated heterocycles. The van der Waals surface area contributed by atoms with Crippen LogP contribution < -0.4 is 15.5 Å². The zero-order valence-corrected chi connectivity index (χ0v) is 18.7. The molecule has 0 radical (unpaired) electrons. The van der Waals surface area contributed by atoms with Crippen molar-refractivity contribution >= 4 is 52.1 Å². The SMILES string of the molecule is O=C(NC(=S)Nc1ccc(N2CCN(C(=O)c3ccc(Cl)cc3)CC2)cc1)c1ccco1. The molecule has 1 aromatic heterocycles. The number of hydrogen-bond donors (Lipinski definition) is 2. The summed E-state index contributed by atoms with van der Waals surface area (Å²) in [6.07, 6.45) is 1.43. The van der Waals surface area contributed by atoms with Gasteiger partial charge in [-0.2, -0.15) is 0 Å². The molecule has 0 bridgehead atoms. The summed E-state index contributed by atoms with van der Waals surface area (Å²) in [6.45, 7) is 2.77. The Morgan fingerprint density at radius 1 is 0.938 bits per heavy atom. The van der Waals surface area contributed by atoms with E-state index in [1.165, 1.54) is 6.26 Å². The first kappa shape index (κ1) is 21.9. The summed E-state index contributed by atoms with van der Waals surface area (Å²) in [5, 5.41) is 6.36. The third kappa shape index (κ3) is 5.27. The van der Waals surface area contributed by atoms with E-state index in [4.69, 9.17) is 28.2 Å². The van der Waals surface area contributed by atoms with Crippen molar-refractivity contribution in [1.29, 1.82) is 0 Å². The summed E-state index contributed by atoms with van der Waals surface area (Å²) in [5.41, 5.74) is 2.46. The number of anilines is 2. The Balaban J connectivity index is 1.28. The van der Waals surface area contributed by atoms with Crippen molar-refractivity contribution in [3.8, 4) is 0 Å². The van der Waals surface area contributed by atoms with Gasteiger partial charge in [-0.15, -0.1) is 0 Å². The largest absolute Gasteiger partial charge is 0.459 e. The molecule has 2 heterocycles. The van der Waals surface area contributed by atoms with Gasteiger partial charge in [-0.25, -0.2) is 0 Å². The number of halogens is 1. The van der Waals surface area contributed by atoms with Crippen LogP contribution >= 0.6 is 23.8 Å². The Hall–Kier alpha value is -3.36. The van der Waals surface area contributed by atoms with Crippen LogP contribution in [0.3, 0.4) is 0 Å². The van der Waals surface area contributed by atoms with Crippen molar-refractivity contribution in [3.63, 3.8) is 0 Å². The van der Waals surface area contributed by atoms with Gasteiger partial charge in [0.05, 0.1) is 6.26 Å². The number of furan rings is 1. The molecule has 1 fully saturated rings. The third-order valence-electron chi connectivity index (χ3n) is 5.12. The lowest BCUT2D eigenvalue weighted by Gasteiger charge is -2.36. The highest BCUT2D eigenvalue weighted by Crippen LogP contribution is 2.20. The van der Waals surface area contributed by atoms with E-state index in [0.717, 1.165) is 24.5 Å². The minimum atomic E-state index is -0.407. The van der Waals surface area contributed by atoms with E-state index in [2.05, 4.69) is 15.5 Å². The van der Waals surface area contributed by atoms with Gasteiger partial charge in [-0.3, -0.25) is 14.9 Å². The fourth-order valence-corrected chi connectivity index (χ4v) is 3.77. The van der Waals surface area contributed by atoms with Crippen LogP contribution in [0.5, 0.6) is 0 Å². The van der Waals surface area contributed by atoms with Gasteiger partial charge >= 0.3 is 0 Å². The molecule has 0 atom stereocenters. The number of carbonyl (C=O) groups excluding carboxylic acids is 2. The molecule has 2 amide bonds. The van der Waals surface area contributed by atoms with Crippen LogP contribution in [0.25, 0.3) is 0 Å². The Morgan fingerprint density at radius 2 is 1.62 bits per heavy atom. The number of nitrogens with one attached hydrogen (secondary N) is 2. The molecule has 2 N–H and O–H groups in total. The van der Waals surface area contributed by atoms with Crippen LogP contribution in [-0.4, -0.2) is 48.0 Å². The maximum absolute atomic E-state index is 12.7. The first-order valence-corrected chi connectivity index (χ1v) is 10.8. The van der Waals surface area contributed by atoms with Gasteiger partial charge in [0.15, 0.2) is 10.9 Å². The van der Waals surface area contributed by atoms with Crippen molar-refractivity contribution in [2.75, 3.05) is 36.4 Å². The molecular weight excluding hydrogens is 448 g/mol. The summed E-state index contributed by atoms with van der Waals surface area (Å²) in [7, 11) is 0. The van der Waals surface area contributed by atoms with Crippen molar-refractivity contribution < 1.29 is 14.0 Å². The average molecular weight is 469 g/mol. The van der Waals surface area contributed by atoms with Gasteiger partial charge in [-0.05, 0) is 72.9 Å². The third-order valence-corrected chi connectivity index (χ3v) is 5.58. The number of benzene rings is 2. The number of nitrogens with zero attached hydrogens (tertiary/aromatic N) is 2. The number of thiocarbonyl (C=S) groups is 1. The van der Waals surface area contributed by atoms with Gasteiger partial charge in [0.25, 0.3) is 11.8 Å². The molecule has 3 aromatic rings. The van der Waals surface area contributed by atoms with E-state index in [-0.39, 0.29) is 16.8 Å². The Kier molecular flexibility index (Phi) is 6.72. The Labute approximate surface area is 195 Å². The van der Waals surface area contributed by atoms with E-state index in [1.54, 1.807) is 36.4 Å². The zero-order chi connectivity index (χ0) is 22.5. The van der Waals surface area contributed by atoms with Crippen LogP contribution in [0.4, 0.5) is 11.4 Å². The second kappa shape index (κ2) is 9.84. The maximum atomic E-state index is 12.7. The van der Waals surface area contributed by atoms with Crippen molar-refractivity contribution in [2.24, 2.45) is 0 Å². The summed E-state index contributed by atoms with van der Waals surface area (Å²) >= 11 is 11.1. The molecule has 164 valence electrons. The lowest BCUT2D eigenvalue weighted by atomic mass is 10.1. The molecule has 2 aromatic carbocycles. The topological polar surface area (TPSA) is 77.8 Å². The fraction of sp³-hybridized carbons (Fsp3) is 0.174. The van der Waals surface area contributed by atoms with Crippen LogP contribution in [0, 0.1) is 0 Å². The normalized spacial score (nSPS) is 13.5. The van der Waals surface area contributed by atoms with Crippen LogP contribution in [0.2, 0.25) is 5.02 Å². The molecule has 9 heteroatoms. The number of rotatable bonds is 4. The van der Waals surface area contributed by atoms with E-state index < -0.39 is 5.91 Å². The van der Waals surface area contributed by atoms with Crippen LogP contribution in [0.1, 0.15) is 20.9 Å². The van der Waals surface area contributed by atoms with E-state index in [0.29, 0.717) is 23.7 Å². The number of piperazine rings is 1. The quantitative estimate of drug-likeness (QED) is 0.563. The number of carbonyl (C=O) groups is 2. The molecule has 1 aliphatic rings. The monoisotopic (exact) mass is 468 g/mol. The Bertz CT molecular complexity index is 1090. The standard InChI is InChI=1S/C23H21ClN4O3S/c24-17-5-3-16(4-6-17)22(30)28-13-11-27(12-14-28)19-9-7-18(8-10-19)25-23(32)26-21(29)20-2-1-15-31-20/h1-10,15H,11-14H2,(H2,25,26,29,32). The van der Waals surface area contributed by atoms with Gasteiger partial charge in [0.1, 0.15) is 0 Å². The average Bonchev–Trinajstić information content (AvgIpc) is 3.35. The summed E-state index contributed by atoms with van der Waals surface area (Å²) in [5.74, 6) is -0.195. The molecule has 0 saturated carbocycles. The highest BCUT2D eigenvalue weighted by Gasteiger charge is 2.22. The highest BCUT2D eigenvalue weighted by molar-refractivity contribution is 7.80. The molecule has 0 aliphatic carbocycles. The zero-order valence-electron chi connectivity index (χ0n) is 17.1. The second-order valence-corrected chi connectivity index (χ2v) is 8.06.